The number of halogens is 1. The van der Waals surface area contributed by atoms with Gasteiger partial charge in [-0.25, -0.2) is 0 Å². The highest BCUT2D eigenvalue weighted by Gasteiger charge is 2.34. The number of allylic oxidation sites excluding steroid dienone is 4. The molecule has 6 heteroatoms. The van der Waals surface area contributed by atoms with Crippen molar-refractivity contribution in [2.45, 2.75) is 19.9 Å². The van der Waals surface area contributed by atoms with Crippen molar-refractivity contribution in [1.29, 1.82) is 0 Å². The Bertz CT molecular complexity index is 851. The number of Topliss-reactive ketones (excluding diaryl/α,β-unsaturated/α-hetero) is 1. The summed E-state index contributed by atoms with van der Waals surface area (Å²) >= 11 is 6.43. The smallest absolute Gasteiger partial charge is 0.308 e. The third kappa shape index (κ3) is 3.56. The molecule has 0 aliphatic heterocycles. The molecule has 3 rings (SSSR count). The molecule has 0 spiro atoms. The molecule has 0 fully saturated rings. The van der Waals surface area contributed by atoms with Gasteiger partial charge in [0.05, 0.1) is 12.0 Å². The summed E-state index contributed by atoms with van der Waals surface area (Å²) in [4.78, 5) is 23.5. The van der Waals surface area contributed by atoms with Crippen molar-refractivity contribution < 1.29 is 14.3 Å². The second kappa shape index (κ2) is 7.07. The molecular weight excluding hydrogens is 340 g/mol. The second-order valence-corrected chi connectivity index (χ2v) is 6.21. The summed E-state index contributed by atoms with van der Waals surface area (Å²) in [5, 5.41) is 4.78. The number of hydrogen-bond donors (Lipinski definition) is 0. The highest BCUT2D eigenvalue weighted by Crippen LogP contribution is 2.41. The minimum Gasteiger partial charge on any atom is -0.427 e. The predicted octanol–water partition coefficient (Wildman–Crippen LogP) is 3.77. The largest absolute Gasteiger partial charge is 0.427 e. The molecule has 5 nitrogen and oxygen atoms in total. The lowest BCUT2D eigenvalue weighted by atomic mass is 9.81. The standard InChI is InChI=1S/C19H17ClN2O3/c1-12(23)18-17(22-11-3-10-21-22)9-8-16(20)19(18)14-4-6-15(7-5-14)25-13(2)24/h3-11,17-18H,1-2H3. The van der Waals surface area contributed by atoms with Crippen LogP contribution in [0.1, 0.15) is 25.5 Å². The molecule has 1 aliphatic carbocycles. The molecular formula is C19H17ClN2O3. The van der Waals surface area contributed by atoms with Crippen LogP contribution in [0, 0.1) is 5.92 Å². The molecule has 0 saturated heterocycles. The number of hydrogen-bond acceptors (Lipinski definition) is 4. The molecule has 25 heavy (non-hydrogen) atoms. The monoisotopic (exact) mass is 356 g/mol. The van der Waals surface area contributed by atoms with Crippen LogP contribution in [-0.2, 0) is 9.59 Å². The third-order valence-corrected chi connectivity index (χ3v) is 4.37. The molecule has 1 heterocycles. The first-order valence-electron chi connectivity index (χ1n) is 7.83. The molecule has 2 aromatic rings. The predicted molar refractivity (Wildman–Crippen MR) is 95.1 cm³/mol. The zero-order valence-electron chi connectivity index (χ0n) is 13.8. The molecule has 0 saturated carbocycles. The Labute approximate surface area is 150 Å². The fourth-order valence-corrected chi connectivity index (χ4v) is 3.33. The molecule has 0 amide bonds. The number of rotatable bonds is 4. The first-order chi connectivity index (χ1) is 12.0. The van der Waals surface area contributed by atoms with E-state index >= 15 is 0 Å². The molecule has 2 unspecified atom stereocenters. The number of ether oxygens (including phenoxy) is 1. The van der Waals surface area contributed by atoms with Crippen molar-refractivity contribution in [2.75, 3.05) is 0 Å². The van der Waals surface area contributed by atoms with E-state index in [4.69, 9.17) is 16.3 Å². The number of esters is 1. The summed E-state index contributed by atoms with van der Waals surface area (Å²) in [5.74, 6) is -0.382. The van der Waals surface area contributed by atoms with Crippen molar-refractivity contribution in [3.63, 3.8) is 0 Å². The highest BCUT2D eigenvalue weighted by atomic mass is 35.5. The van der Waals surface area contributed by atoms with Gasteiger partial charge in [0.25, 0.3) is 0 Å². The van der Waals surface area contributed by atoms with Crippen molar-refractivity contribution >= 4 is 28.9 Å². The van der Waals surface area contributed by atoms with Crippen molar-refractivity contribution in [3.05, 3.63) is 65.5 Å². The van der Waals surface area contributed by atoms with Crippen LogP contribution >= 0.6 is 11.6 Å². The summed E-state index contributed by atoms with van der Waals surface area (Å²) in [6.07, 6.45) is 7.19. The minimum atomic E-state index is -0.447. The Hall–Kier alpha value is -2.66. The van der Waals surface area contributed by atoms with E-state index in [0.29, 0.717) is 10.8 Å². The van der Waals surface area contributed by atoms with Crippen molar-refractivity contribution in [2.24, 2.45) is 5.92 Å². The van der Waals surface area contributed by atoms with Gasteiger partial charge in [0, 0.05) is 24.3 Å². The topological polar surface area (TPSA) is 61.2 Å². The van der Waals surface area contributed by atoms with Gasteiger partial charge >= 0.3 is 5.97 Å². The summed E-state index contributed by atoms with van der Waals surface area (Å²) in [6.45, 7) is 2.90. The van der Waals surface area contributed by atoms with Crippen LogP contribution < -0.4 is 4.74 Å². The molecule has 0 bridgehead atoms. The molecule has 128 valence electrons. The van der Waals surface area contributed by atoms with Gasteiger partial charge < -0.3 is 4.74 Å². The van der Waals surface area contributed by atoms with E-state index in [1.807, 2.05) is 18.3 Å². The normalized spacial score (nSPS) is 19.8. The van der Waals surface area contributed by atoms with Gasteiger partial charge in [-0.3, -0.25) is 14.3 Å². The van der Waals surface area contributed by atoms with Crippen LogP contribution in [-0.4, -0.2) is 21.5 Å². The van der Waals surface area contributed by atoms with E-state index < -0.39 is 5.92 Å². The average molecular weight is 357 g/mol. The maximum absolute atomic E-state index is 12.4. The summed E-state index contributed by atoms with van der Waals surface area (Å²) in [7, 11) is 0. The van der Waals surface area contributed by atoms with Gasteiger partial charge in [-0.2, -0.15) is 5.10 Å². The lowest BCUT2D eigenvalue weighted by molar-refractivity contribution is -0.131. The molecule has 0 N–H and O–H groups in total. The van der Waals surface area contributed by atoms with Crippen LogP contribution in [0.4, 0.5) is 0 Å². The summed E-state index contributed by atoms with van der Waals surface area (Å²) < 4.78 is 6.80. The van der Waals surface area contributed by atoms with Gasteiger partial charge in [0.15, 0.2) is 0 Å². The molecule has 1 aromatic carbocycles. The third-order valence-electron chi connectivity index (χ3n) is 4.04. The first kappa shape index (κ1) is 17.2. The molecule has 0 radical (unpaired) electrons. The molecule has 1 aliphatic rings. The Morgan fingerprint density at radius 3 is 2.48 bits per heavy atom. The minimum absolute atomic E-state index is 0.00191. The van der Waals surface area contributed by atoms with E-state index in [1.165, 1.54) is 6.92 Å². The van der Waals surface area contributed by atoms with E-state index in [2.05, 4.69) is 5.10 Å². The number of carbonyl (C=O) groups excluding carboxylic acids is 2. The number of carbonyl (C=O) groups is 2. The summed E-state index contributed by atoms with van der Waals surface area (Å²) in [5.41, 5.74) is 1.55. The van der Waals surface area contributed by atoms with Crippen LogP contribution in [0.2, 0.25) is 0 Å². The summed E-state index contributed by atoms with van der Waals surface area (Å²) in [6, 6.07) is 8.55. The van der Waals surface area contributed by atoms with E-state index in [1.54, 1.807) is 48.1 Å². The van der Waals surface area contributed by atoms with Gasteiger partial charge in [0.2, 0.25) is 0 Å². The maximum Gasteiger partial charge on any atom is 0.308 e. The van der Waals surface area contributed by atoms with Gasteiger partial charge in [-0.1, -0.05) is 29.8 Å². The van der Waals surface area contributed by atoms with Gasteiger partial charge in [0.1, 0.15) is 11.5 Å². The molecule has 2 atom stereocenters. The lowest BCUT2D eigenvalue weighted by Crippen LogP contribution is -2.27. The number of nitrogens with zero attached hydrogens (tertiary/aromatic N) is 2. The van der Waals surface area contributed by atoms with Crippen molar-refractivity contribution in [1.82, 2.24) is 9.78 Å². The zero-order chi connectivity index (χ0) is 18.0. The fraction of sp³-hybridized carbons (Fsp3) is 0.211. The Kier molecular flexibility index (Phi) is 4.86. The van der Waals surface area contributed by atoms with E-state index in [9.17, 15) is 9.59 Å². The quantitative estimate of drug-likeness (QED) is 0.618. The van der Waals surface area contributed by atoms with Crippen LogP contribution in [0.15, 0.2) is 59.9 Å². The fourth-order valence-electron chi connectivity index (χ4n) is 3.03. The zero-order valence-corrected chi connectivity index (χ0v) is 14.6. The number of aromatic nitrogens is 2. The Morgan fingerprint density at radius 2 is 1.92 bits per heavy atom. The highest BCUT2D eigenvalue weighted by molar-refractivity contribution is 6.35. The van der Waals surface area contributed by atoms with Gasteiger partial charge in [-0.05, 0) is 42.3 Å². The Balaban J connectivity index is 2.01. The first-order valence-corrected chi connectivity index (χ1v) is 8.21. The number of ketones is 1. The maximum atomic E-state index is 12.4. The number of benzene rings is 1. The van der Waals surface area contributed by atoms with Crippen LogP contribution in [0.3, 0.4) is 0 Å². The van der Waals surface area contributed by atoms with E-state index in [0.717, 1.165) is 11.1 Å². The van der Waals surface area contributed by atoms with Gasteiger partial charge in [-0.15, -0.1) is 0 Å². The van der Waals surface area contributed by atoms with Crippen LogP contribution in [0.25, 0.3) is 5.57 Å². The van der Waals surface area contributed by atoms with Crippen LogP contribution in [0.5, 0.6) is 5.75 Å². The average Bonchev–Trinajstić information content (AvgIpc) is 3.09. The van der Waals surface area contributed by atoms with Crippen molar-refractivity contribution in [3.8, 4) is 5.75 Å². The second-order valence-electron chi connectivity index (χ2n) is 5.80. The van der Waals surface area contributed by atoms with E-state index in [-0.39, 0.29) is 17.8 Å². The lowest BCUT2D eigenvalue weighted by Gasteiger charge is -2.29. The molecule has 1 aromatic heterocycles. The SMILES string of the molecule is CC(=O)Oc1ccc(C2=C(Cl)C=CC(n3cccn3)C2C(C)=O)cc1. The Morgan fingerprint density at radius 1 is 1.20 bits per heavy atom.